The number of rotatable bonds is 6. The quantitative estimate of drug-likeness (QED) is 0.717. The van der Waals surface area contributed by atoms with Gasteiger partial charge in [0.05, 0.1) is 13.1 Å². The number of nitrogens with one attached hydrogen (secondary N) is 3. The predicted molar refractivity (Wildman–Crippen MR) is 93.9 cm³/mol. The molecular weight excluding hydrogens is 316 g/mol. The molecule has 0 spiro atoms. The zero-order valence-corrected chi connectivity index (χ0v) is 14.2. The van der Waals surface area contributed by atoms with Gasteiger partial charge in [0.15, 0.2) is 0 Å². The number of para-hydroxylation sites is 1. The third-order valence-corrected chi connectivity index (χ3v) is 3.71. The van der Waals surface area contributed by atoms with Gasteiger partial charge in [-0.15, -0.1) is 12.4 Å². The van der Waals surface area contributed by atoms with E-state index in [-0.39, 0.29) is 30.3 Å². The summed E-state index contributed by atoms with van der Waals surface area (Å²) in [5.41, 5.74) is 0.821. The van der Waals surface area contributed by atoms with Crippen LogP contribution in [0.25, 0.3) is 0 Å². The number of anilines is 1. The van der Waals surface area contributed by atoms with E-state index in [9.17, 15) is 9.59 Å². The number of likely N-dealkylation sites (tertiary alicyclic amines) is 1. The summed E-state index contributed by atoms with van der Waals surface area (Å²) in [4.78, 5) is 25.6. The molecule has 1 aromatic carbocycles. The second kappa shape index (κ2) is 10.2. The molecule has 0 saturated carbocycles. The van der Waals surface area contributed by atoms with Crippen LogP contribution in [0.3, 0.4) is 0 Å². The molecule has 1 saturated heterocycles. The van der Waals surface area contributed by atoms with Gasteiger partial charge in [-0.1, -0.05) is 18.2 Å². The van der Waals surface area contributed by atoms with Gasteiger partial charge in [-0.2, -0.15) is 0 Å². The zero-order valence-electron chi connectivity index (χ0n) is 13.4. The van der Waals surface area contributed by atoms with Crippen LogP contribution in [0.15, 0.2) is 30.3 Å². The molecule has 128 valence electrons. The Hall–Kier alpha value is -1.63. The summed E-state index contributed by atoms with van der Waals surface area (Å²) in [5, 5.41) is 8.74. The van der Waals surface area contributed by atoms with Crippen molar-refractivity contribution in [3.05, 3.63) is 30.3 Å². The van der Waals surface area contributed by atoms with E-state index < -0.39 is 0 Å². The van der Waals surface area contributed by atoms with Crippen LogP contribution in [-0.2, 0) is 9.59 Å². The van der Waals surface area contributed by atoms with Crippen LogP contribution in [0, 0.1) is 0 Å². The number of amides is 2. The second-order valence-electron chi connectivity index (χ2n) is 5.56. The Morgan fingerprint density at radius 3 is 2.39 bits per heavy atom. The van der Waals surface area contributed by atoms with E-state index >= 15 is 0 Å². The molecule has 0 radical (unpaired) electrons. The van der Waals surface area contributed by atoms with Gasteiger partial charge in [-0.25, -0.2) is 0 Å². The van der Waals surface area contributed by atoms with Crippen LogP contribution in [-0.4, -0.2) is 56.0 Å². The lowest BCUT2D eigenvalue weighted by Gasteiger charge is -2.31. The highest BCUT2D eigenvalue weighted by atomic mass is 35.5. The van der Waals surface area contributed by atoms with E-state index in [1.165, 1.54) is 0 Å². The van der Waals surface area contributed by atoms with E-state index in [0.29, 0.717) is 13.1 Å². The molecule has 3 N–H and O–H groups in total. The maximum atomic E-state index is 12.0. The number of benzene rings is 1. The fraction of sp³-hybridized carbons (Fsp3) is 0.500. The molecule has 0 aromatic heterocycles. The molecular formula is C16H25ClN4O2. The van der Waals surface area contributed by atoms with Crippen molar-refractivity contribution in [2.24, 2.45) is 0 Å². The largest absolute Gasteiger partial charge is 0.352 e. The Balaban J connectivity index is 0.00000264. The Labute approximate surface area is 143 Å². The van der Waals surface area contributed by atoms with E-state index in [1.807, 2.05) is 30.3 Å². The molecule has 0 aliphatic carbocycles. The fourth-order valence-electron chi connectivity index (χ4n) is 2.60. The van der Waals surface area contributed by atoms with Crippen molar-refractivity contribution in [3.8, 4) is 0 Å². The van der Waals surface area contributed by atoms with Crippen molar-refractivity contribution < 1.29 is 9.59 Å². The molecule has 0 bridgehead atoms. The summed E-state index contributed by atoms with van der Waals surface area (Å²) in [6, 6.07) is 9.68. The maximum Gasteiger partial charge on any atom is 0.238 e. The van der Waals surface area contributed by atoms with Gasteiger partial charge in [0.2, 0.25) is 11.8 Å². The predicted octanol–water partition coefficient (Wildman–Crippen LogP) is 0.847. The van der Waals surface area contributed by atoms with Crippen molar-refractivity contribution in [3.63, 3.8) is 0 Å². The summed E-state index contributed by atoms with van der Waals surface area (Å²) in [6.07, 6.45) is 1.77. The second-order valence-corrected chi connectivity index (χ2v) is 5.56. The van der Waals surface area contributed by atoms with Gasteiger partial charge < -0.3 is 16.0 Å². The zero-order chi connectivity index (χ0) is 15.8. The van der Waals surface area contributed by atoms with E-state index in [4.69, 9.17) is 0 Å². The van der Waals surface area contributed by atoms with Gasteiger partial charge in [0.1, 0.15) is 0 Å². The highest BCUT2D eigenvalue weighted by Gasteiger charge is 2.21. The van der Waals surface area contributed by atoms with Crippen LogP contribution < -0.4 is 16.0 Å². The molecule has 1 aromatic rings. The molecule has 1 aliphatic heterocycles. The smallest absolute Gasteiger partial charge is 0.238 e. The number of piperidine rings is 1. The highest BCUT2D eigenvalue weighted by molar-refractivity contribution is 5.92. The van der Waals surface area contributed by atoms with Gasteiger partial charge in [0, 0.05) is 24.8 Å². The molecule has 7 heteroatoms. The normalized spacial score (nSPS) is 15.5. The number of carbonyl (C=O) groups excluding carboxylic acids is 2. The third-order valence-electron chi connectivity index (χ3n) is 3.71. The summed E-state index contributed by atoms with van der Waals surface area (Å²) in [5.74, 6) is 0.0339. The SMILES string of the molecule is CNCC(=O)NC1CCN(CC(=O)Nc2ccccc2)CC1.Cl. The minimum Gasteiger partial charge on any atom is -0.352 e. The van der Waals surface area contributed by atoms with Crippen molar-refractivity contribution in [1.82, 2.24) is 15.5 Å². The lowest BCUT2D eigenvalue weighted by atomic mass is 10.0. The molecule has 2 rings (SSSR count). The first-order valence-electron chi connectivity index (χ1n) is 7.68. The number of likely N-dealkylation sites (N-methyl/N-ethyl adjacent to an activating group) is 1. The number of halogens is 1. The maximum absolute atomic E-state index is 12.0. The van der Waals surface area contributed by atoms with Gasteiger partial charge in [0.25, 0.3) is 0 Å². The summed E-state index contributed by atoms with van der Waals surface area (Å²) in [7, 11) is 1.76. The van der Waals surface area contributed by atoms with E-state index in [2.05, 4.69) is 20.9 Å². The van der Waals surface area contributed by atoms with Crippen LogP contribution in [0.1, 0.15) is 12.8 Å². The van der Waals surface area contributed by atoms with E-state index in [0.717, 1.165) is 31.6 Å². The Morgan fingerprint density at radius 1 is 1.13 bits per heavy atom. The monoisotopic (exact) mass is 340 g/mol. The summed E-state index contributed by atoms with van der Waals surface area (Å²) < 4.78 is 0. The van der Waals surface area contributed by atoms with Crippen LogP contribution in [0.2, 0.25) is 0 Å². The number of hydrogen-bond donors (Lipinski definition) is 3. The van der Waals surface area contributed by atoms with Crippen LogP contribution >= 0.6 is 12.4 Å². The number of hydrogen-bond acceptors (Lipinski definition) is 4. The van der Waals surface area contributed by atoms with Crippen molar-refractivity contribution >= 4 is 29.9 Å². The van der Waals surface area contributed by atoms with Crippen molar-refractivity contribution in [1.29, 1.82) is 0 Å². The molecule has 0 atom stereocenters. The summed E-state index contributed by atoms with van der Waals surface area (Å²) in [6.45, 7) is 2.39. The van der Waals surface area contributed by atoms with Gasteiger partial charge >= 0.3 is 0 Å². The average Bonchev–Trinajstić information content (AvgIpc) is 2.50. The first-order valence-corrected chi connectivity index (χ1v) is 7.68. The molecule has 0 unspecified atom stereocenters. The summed E-state index contributed by atoms with van der Waals surface area (Å²) >= 11 is 0. The molecule has 2 amide bonds. The van der Waals surface area contributed by atoms with Crippen LogP contribution in [0.4, 0.5) is 5.69 Å². The molecule has 1 fully saturated rings. The standard InChI is InChI=1S/C16H24N4O2.ClH/c1-17-11-15(21)18-14-7-9-20(10-8-14)12-16(22)19-13-5-3-2-4-6-13;/h2-6,14,17H,7-12H2,1H3,(H,18,21)(H,19,22);1H. The minimum atomic E-state index is 0. The first kappa shape index (κ1) is 19.4. The molecule has 6 nitrogen and oxygen atoms in total. The third kappa shape index (κ3) is 6.99. The first-order chi connectivity index (χ1) is 10.7. The number of nitrogens with zero attached hydrogens (tertiary/aromatic N) is 1. The molecule has 1 heterocycles. The lowest BCUT2D eigenvalue weighted by Crippen LogP contribution is -2.48. The highest BCUT2D eigenvalue weighted by Crippen LogP contribution is 2.11. The number of carbonyl (C=O) groups is 2. The minimum absolute atomic E-state index is 0. The lowest BCUT2D eigenvalue weighted by molar-refractivity contribution is -0.122. The van der Waals surface area contributed by atoms with Crippen molar-refractivity contribution in [2.45, 2.75) is 18.9 Å². The van der Waals surface area contributed by atoms with E-state index in [1.54, 1.807) is 7.05 Å². The van der Waals surface area contributed by atoms with Crippen LogP contribution in [0.5, 0.6) is 0 Å². The van der Waals surface area contributed by atoms with Gasteiger partial charge in [-0.3, -0.25) is 14.5 Å². The Kier molecular flexibility index (Phi) is 8.61. The fourth-order valence-corrected chi connectivity index (χ4v) is 2.60. The van der Waals surface area contributed by atoms with Crippen molar-refractivity contribution in [2.75, 3.05) is 38.5 Å². The van der Waals surface area contributed by atoms with Gasteiger partial charge in [-0.05, 0) is 32.0 Å². The molecule has 23 heavy (non-hydrogen) atoms. The molecule has 1 aliphatic rings. The Morgan fingerprint density at radius 2 is 1.78 bits per heavy atom. The Bertz CT molecular complexity index is 490. The average molecular weight is 341 g/mol. The topological polar surface area (TPSA) is 73.5 Å².